The average molecular weight is 213 g/mol. The summed E-state index contributed by atoms with van der Waals surface area (Å²) in [6.45, 7) is 0. The molecule has 1 aromatic carbocycles. The highest BCUT2D eigenvalue weighted by atomic mass is 35.5. The van der Waals surface area contributed by atoms with Gasteiger partial charge < -0.3 is 0 Å². The van der Waals surface area contributed by atoms with Crippen molar-refractivity contribution in [3.8, 4) is 11.1 Å². The maximum Gasteiger partial charge on any atom is 0.123 e. The molecule has 2 aromatic rings. The molecule has 0 saturated carbocycles. The maximum atomic E-state index is 12.9. The molecule has 0 N–H and O–H groups in total. The van der Waals surface area contributed by atoms with E-state index >= 15 is 0 Å². The van der Waals surface area contributed by atoms with Crippen molar-refractivity contribution in [2.24, 2.45) is 0 Å². The summed E-state index contributed by atoms with van der Waals surface area (Å²) in [5, 5.41) is 1.89. The molecule has 0 radical (unpaired) electrons. The third kappa shape index (κ3) is 1.74. The van der Waals surface area contributed by atoms with Crippen molar-refractivity contribution in [1.82, 2.24) is 0 Å². The zero-order valence-electron chi connectivity index (χ0n) is 6.63. The fourth-order valence-electron chi connectivity index (χ4n) is 1.16. The molecule has 3 heteroatoms. The largest absolute Gasteiger partial charge is 0.207 e. The molecule has 1 heterocycles. The van der Waals surface area contributed by atoms with Gasteiger partial charge >= 0.3 is 0 Å². The van der Waals surface area contributed by atoms with E-state index < -0.39 is 0 Å². The van der Waals surface area contributed by atoms with Crippen LogP contribution in [0.3, 0.4) is 0 Å². The third-order valence-corrected chi connectivity index (χ3v) is 2.92. The zero-order valence-corrected chi connectivity index (χ0v) is 8.20. The smallest absolute Gasteiger partial charge is 0.123 e. The van der Waals surface area contributed by atoms with Gasteiger partial charge in [-0.05, 0) is 29.1 Å². The molecule has 0 aliphatic rings. The highest BCUT2D eigenvalue weighted by Crippen LogP contribution is 2.32. The minimum Gasteiger partial charge on any atom is -0.207 e. The summed E-state index contributed by atoms with van der Waals surface area (Å²) in [4.78, 5) is 0. The molecule has 0 unspecified atom stereocenters. The predicted octanol–water partition coefficient (Wildman–Crippen LogP) is 4.21. The average Bonchev–Trinajstić information content (AvgIpc) is 2.51. The van der Waals surface area contributed by atoms with Crippen molar-refractivity contribution in [3.05, 3.63) is 45.9 Å². The van der Waals surface area contributed by atoms with Gasteiger partial charge in [-0.2, -0.15) is 0 Å². The zero-order chi connectivity index (χ0) is 9.26. The first-order chi connectivity index (χ1) is 6.27. The van der Waals surface area contributed by atoms with Crippen LogP contribution in [-0.4, -0.2) is 0 Å². The number of rotatable bonds is 1. The van der Waals surface area contributed by atoms with Gasteiger partial charge in [0.25, 0.3) is 0 Å². The SMILES string of the molecule is Fc1cccc(-c2ccsc2Cl)c1. The minimum absolute atomic E-state index is 0.236. The van der Waals surface area contributed by atoms with E-state index in [2.05, 4.69) is 0 Å². The van der Waals surface area contributed by atoms with Crippen LogP contribution >= 0.6 is 22.9 Å². The maximum absolute atomic E-state index is 12.9. The lowest BCUT2D eigenvalue weighted by Gasteiger charge is -1.98. The number of hydrogen-bond donors (Lipinski definition) is 0. The van der Waals surface area contributed by atoms with Crippen LogP contribution < -0.4 is 0 Å². The van der Waals surface area contributed by atoms with Crippen molar-refractivity contribution in [2.75, 3.05) is 0 Å². The van der Waals surface area contributed by atoms with E-state index in [1.165, 1.54) is 23.5 Å². The summed E-state index contributed by atoms with van der Waals surface area (Å²) in [5.74, 6) is -0.236. The standard InChI is InChI=1S/C10H6ClFS/c11-10-9(4-5-13-10)7-2-1-3-8(12)6-7/h1-6H. The molecular formula is C10H6ClFS. The van der Waals surface area contributed by atoms with Gasteiger partial charge in [0.15, 0.2) is 0 Å². The Morgan fingerprint density at radius 3 is 2.69 bits per heavy atom. The molecule has 0 atom stereocenters. The van der Waals surface area contributed by atoms with Crippen LogP contribution in [0.1, 0.15) is 0 Å². The van der Waals surface area contributed by atoms with Gasteiger partial charge in [0.05, 0.1) is 0 Å². The number of thiophene rings is 1. The van der Waals surface area contributed by atoms with Gasteiger partial charge in [-0.25, -0.2) is 4.39 Å². The lowest BCUT2D eigenvalue weighted by Crippen LogP contribution is -1.76. The van der Waals surface area contributed by atoms with E-state index in [4.69, 9.17) is 11.6 Å². The Morgan fingerprint density at radius 2 is 2.08 bits per heavy atom. The molecule has 0 fully saturated rings. The normalized spacial score (nSPS) is 10.3. The number of halogens is 2. The molecule has 0 amide bonds. The molecule has 0 aliphatic carbocycles. The molecule has 0 saturated heterocycles. The summed E-state index contributed by atoms with van der Waals surface area (Å²) >= 11 is 7.37. The van der Waals surface area contributed by atoms with E-state index in [1.807, 2.05) is 17.5 Å². The fraction of sp³-hybridized carbons (Fsp3) is 0. The van der Waals surface area contributed by atoms with Gasteiger partial charge in [0.2, 0.25) is 0 Å². The first-order valence-electron chi connectivity index (χ1n) is 3.76. The molecular weight excluding hydrogens is 207 g/mol. The van der Waals surface area contributed by atoms with Crippen LogP contribution in [-0.2, 0) is 0 Å². The quantitative estimate of drug-likeness (QED) is 0.665. The van der Waals surface area contributed by atoms with Crippen LogP contribution in [0.5, 0.6) is 0 Å². The second-order valence-corrected chi connectivity index (χ2v) is 4.14. The van der Waals surface area contributed by atoms with Gasteiger partial charge in [-0.1, -0.05) is 23.7 Å². The van der Waals surface area contributed by atoms with Gasteiger partial charge in [-0.15, -0.1) is 11.3 Å². The molecule has 0 spiro atoms. The first kappa shape index (κ1) is 8.73. The molecule has 1 aromatic heterocycles. The van der Waals surface area contributed by atoms with Gasteiger partial charge in [0.1, 0.15) is 10.2 Å². The topological polar surface area (TPSA) is 0 Å². The Labute approximate surface area is 84.6 Å². The predicted molar refractivity (Wildman–Crippen MR) is 54.7 cm³/mol. The Bertz CT molecular complexity index is 422. The van der Waals surface area contributed by atoms with Crippen molar-refractivity contribution in [1.29, 1.82) is 0 Å². The van der Waals surface area contributed by atoms with E-state index in [0.717, 1.165) is 11.1 Å². The Hall–Kier alpha value is -0.860. The molecule has 0 aliphatic heterocycles. The van der Waals surface area contributed by atoms with Crippen molar-refractivity contribution >= 4 is 22.9 Å². The van der Waals surface area contributed by atoms with Crippen LogP contribution in [0, 0.1) is 5.82 Å². The Kier molecular flexibility index (Phi) is 2.34. The van der Waals surface area contributed by atoms with Gasteiger partial charge in [0, 0.05) is 5.56 Å². The Balaban J connectivity index is 2.53. The van der Waals surface area contributed by atoms with Crippen LogP contribution in [0.15, 0.2) is 35.7 Å². The lowest BCUT2D eigenvalue weighted by molar-refractivity contribution is 0.628. The molecule has 0 bridgehead atoms. The van der Waals surface area contributed by atoms with Crippen molar-refractivity contribution < 1.29 is 4.39 Å². The monoisotopic (exact) mass is 212 g/mol. The lowest BCUT2D eigenvalue weighted by atomic mass is 10.1. The highest BCUT2D eigenvalue weighted by Gasteiger charge is 2.04. The van der Waals surface area contributed by atoms with Crippen LogP contribution in [0.2, 0.25) is 4.34 Å². The molecule has 66 valence electrons. The minimum atomic E-state index is -0.236. The van der Waals surface area contributed by atoms with Gasteiger partial charge in [-0.3, -0.25) is 0 Å². The van der Waals surface area contributed by atoms with E-state index in [1.54, 1.807) is 6.07 Å². The second kappa shape index (κ2) is 3.48. The summed E-state index contributed by atoms with van der Waals surface area (Å²) in [5.41, 5.74) is 1.72. The second-order valence-electron chi connectivity index (χ2n) is 2.62. The first-order valence-corrected chi connectivity index (χ1v) is 5.02. The number of hydrogen-bond acceptors (Lipinski definition) is 1. The van der Waals surface area contributed by atoms with E-state index in [-0.39, 0.29) is 5.82 Å². The highest BCUT2D eigenvalue weighted by molar-refractivity contribution is 7.15. The number of benzene rings is 1. The molecule has 2 rings (SSSR count). The molecule has 0 nitrogen and oxygen atoms in total. The third-order valence-electron chi connectivity index (χ3n) is 1.75. The van der Waals surface area contributed by atoms with Crippen LogP contribution in [0.4, 0.5) is 4.39 Å². The summed E-state index contributed by atoms with van der Waals surface area (Å²) < 4.78 is 13.6. The van der Waals surface area contributed by atoms with Crippen molar-refractivity contribution in [3.63, 3.8) is 0 Å². The van der Waals surface area contributed by atoms with E-state index in [9.17, 15) is 4.39 Å². The van der Waals surface area contributed by atoms with Crippen molar-refractivity contribution in [2.45, 2.75) is 0 Å². The Morgan fingerprint density at radius 1 is 1.23 bits per heavy atom. The summed E-state index contributed by atoms with van der Waals surface area (Å²) in [6.07, 6.45) is 0. The van der Waals surface area contributed by atoms with Crippen LogP contribution in [0.25, 0.3) is 11.1 Å². The summed E-state index contributed by atoms with van der Waals surface area (Å²) in [7, 11) is 0. The summed E-state index contributed by atoms with van der Waals surface area (Å²) in [6, 6.07) is 8.31. The van der Waals surface area contributed by atoms with E-state index in [0.29, 0.717) is 4.34 Å². The fourth-order valence-corrected chi connectivity index (χ4v) is 2.12. The molecule has 13 heavy (non-hydrogen) atoms.